The van der Waals surface area contributed by atoms with Gasteiger partial charge in [-0.1, -0.05) is 6.92 Å². The lowest BCUT2D eigenvalue weighted by Crippen LogP contribution is -2.03. The van der Waals surface area contributed by atoms with Crippen LogP contribution in [0.4, 0.5) is 11.8 Å². The maximum absolute atomic E-state index is 6.03. The highest BCUT2D eigenvalue weighted by atomic mass is 16.5. The molecule has 8 heteroatoms. The van der Waals surface area contributed by atoms with E-state index in [-0.39, 0.29) is 5.95 Å². The van der Waals surface area contributed by atoms with Gasteiger partial charge < -0.3 is 20.8 Å². The molecule has 0 fully saturated rings. The number of fused-ring (bicyclic) bond motifs is 1. The number of nitrogen functional groups attached to an aromatic ring is 1. The standard InChI is InChI=1S/C20H21N7O/c1-2-9-28-16-10-17(24-11-13-3-6-22-7-4-13)27-19-18(16)14(12-25-19)15-5-8-23-20(21)26-15/h3-8,10,12H,2,9,11H2,1H3,(H2,21,23,26)(H2,24,25,27). The maximum atomic E-state index is 6.03. The van der Waals surface area contributed by atoms with Crippen LogP contribution in [0.3, 0.4) is 0 Å². The van der Waals surface area contributed by atoms with Crippen LogP contribution in [0.25, 0.3) is 22.3 Å². The van der Waals surface area contributed by atoms with Gasteiger partial charge in [-0.3, -0.25) is 4.98 Å². The SMILES string of the molecule is CCCOc1cc(NCc2ccncc2)nc2[nH]cc(-c3ccnc(N)n3)c12. The first-order chi connectivity index (χ1) is 13.7. The maximum Gasteiger partial charge on any atom is 0.220 e. The van der Waals surface area contributed by atoms with Crippen molar-refractivity contribution in [3.05, 3.63) is 54.6 Å². The van der Waals surface area contributed by atoms with Gasteiger partial charge in [0.2, 0.25) is 5.95 Å². The lowest BCUT2D eigenvalue weighted by molar-refractivity contribution is 0.321. The van der Waals surface area contributed by atoms with E-state index >= 15 is 0 Å². The van der Waals surface area contributed by atoms with Crippen LogP contribution in [0.1, 0.15) is 18.9 Å². The highest BCUT2D eigenvalue weighted by molar-refractivity contribution is 5.98. The lowest BCUT2D eigenvalue weighted by atomic mass is 10.1. The van der Waals surface area contributed by atoms with Crippen LogP contribution >= 0.6 is 0 Å². The van der Waals surface area contributed by atoms with Crippen LogP contribution in [0.2, 0.25) is 0 Å². The van der Waals surface area contributed by atoms with Gasteiger partial charge in [0.1, 0.15) is 17.2 Å². The molecule has 4 aromatic rings. The Labute approximate surface area is 162 Å². The molecule has 0 unspecified atom stereocenters. The number of ether oxygens (including phenoxy) is 1. The summed E-state index contributed by atoms with van der Waals surface area (Å²) in [5.74, 6) is 1.70. The van der Waals surface area contributed by atoms with E-state index in [1.165, 1.54) is 0 Å². The number of pyridine rings is 2. The Hall–Kier alpha value is -3.68. The Kier molecular flexibility index (Phi) is 5.01. The molecule has 0 saturated heterocycles. The van der Waals surface area contributed by atoms with Gasteiger partial charge in [-0.05, 0) is 30.2 Å². The number of hydrogen-bond acceptors (Lipinski definition) is 7. The quantitative estimate of drug-likeness (QED) is 0.453. The Balaban J connectivity index is 1.72. The van der Waals surface area contributed by atoms with E-state index in [4.69, 9.17) is 15.5 Å². The summed E-state index contributed by atoms with van der Waals surface area (Å²) < 4.78 is 6.03. The molecule has 0 aliphatic carbocycles. The van der Waals surface area contributed by atoms with Gasteiger partial charge in [-0.25, -0.2) is 15.0 Å². The molecular formula is C20H21N7O. The predicted octanol–water partition coefficient (Wildman–Crippen LogP) is 3.40. The number of nitrogens with one attached hydrogen (secondary N) is 2. The zero-order valence-electron chi connectivity index (χ0n) is 15.5. The molecule has 4 aromatic heterocycles. The zero-order chi connectivity index (χ0) is 19.3. The van der Waals surface area contributed by atoms with Crippen molar-refractivity contribution in [2.75, 3.05) is 17.7 Å². The largest absolute Gasteiger partial charge is 0.493 e. The van der Waals surface area contributed by atoms with Crippen molar-refractivity contribution in [2.45, 2.75) is 19.9 Å². The highest BCUT2D eigenvalue weighted by Gasteiger charge is 2.16. The molecule has 0 aliphatic heterocycles. The van der Waals surface area contributed by atoms with Crippen molar-refractivity contribution in [1.82, 2.24) is 24.9 Å². The fourth-order valence-corrected chi connectivity index (χ4v) is 2.93. The summed E-state index contributed by atoms with van der Waals surface area (Å²) in [4.78, 5) is 20.2. The minimum Gasteiger partial charge on any atom is -0.493 e. The lowest BCUT2D eigenvalue weighted by Gasteiger charge is -2.11. The molecule has 142 valence electrons. The van der Waals surface area contributed by atoms with Crippen LogP contribution in [-0.2, 0) is 6.54 Å². The Morgan fingerprint density at radius 1 is 1.14 bits per heavy atom. The van der Waals surface area contributed by atoms with Gasteiger partial charge in [0, 0.05) is 43.0 Å². The summed E-state index contributed by atoms with van der Waals surface area (Å²) in [6.07, 6.45) is 7.96. The summed E-state index contributed by atoms with van der Waals surface area (Å²) in [6, 6.07) is 7.66. The molecule has 0 saturated carbocycles. The van der Waals surface area contributed by atoms with E-state index in [1.54, 1.807) is 18.6 Å². The number of aromatic nitrogens is 5. The smallest absolute Gasteiger partial charge is 0.220 e. The highest BCUT2D eigenvalue weighted by Crippen LogP contribution is 2.35. The zero-order valence-corrected chi connectivity index (χ0v) is 15.5. The number of hydrogen-bond donors (Lipinski definition) is 3. The molecule has 28 heavy (non-hydrogen) atoms. The molecule has 4 rings (SSSR count). The fraction of sp³-hybridized carbons (Fsp3) is 0.200. The molecule has 0 amide bonds. The average Bonchev–Trinajstić information content (AvgIpc) is 3.15. The van der Waals surface area contributed by atoms with Gasteiger partial charge in [0.05, 0.1) is 17.7 Å². The molecular weight excluding hydrogens is 354 g/mol. The molecule has 0 bridgehead atoms. The number of nitrogens with zero attached hydrogens (tertiary/aromatic N) is 4. The normalized spacial score (nSPS) is 10.9. The number of nitrogens with two attached hydrogens (primary N) is 1. The monoisotopic (exact) mass is 375 g/mol. The molecule has 0 radical (unpaired) electrons. The molecule has 4 N–H and O–H groups in total. The van der Waals surface area contributed by atoms with Crippen molar-refractivity contribution < 1.29 is 4.74 Å². The van der Waals surface area contributed by atoms with E-state index in [2.05, 4.69) is 32.2 Å². The Morgan fingerprint density at radius 2 is 2.00 bits per heavy atom. The summed E-state index contributed by atoms with van der Waals surface area (Å²) in [5.41, 5.74) is 9.19. The van der Waals surface area contributed by atoms with Crippen molar-refractivity contribution >= 4 is 22.8 Å². The molecule has 0 atom stereocenters. The number of rotatable bonds is 7. The number of H-pyrrole nitrogens is 1. The van der Waals surface area contributed by atoms with Crippen LogP contribution in [-0.4, -0.2) is 31.5 Å². The first-order valence-corrected chi connectivity index (χ1v) is 9.11. The fourth-order valence-electron chi connectivity index (χ4n) is 2.93. The van der Waals surface area contributed by atoms with E-state index in [9.17, 15) is 0 Å². The third kappa shape index (κ3) is 3.71. The third-order valence-corrected chi connectivity index (χ3v) is 4.24. The van der Waals surface area contributed by atoms with Crippen LogP contribution < -0.4 is 15.8 Å². The second kappa shape index (κ2) is 7.91. The summed E-state index contributed by atoms with van der Waals surface area (Å²) in [7, 11) is 0. The Bertz CT molecular complexity index is 1080. The van der Waals surface area contributed by atoms with E-state index in [0.29, 0.717) is 13.2 Å². The molecule has 8 nitrogen and oxygen atoms in total. The summed E-state index contributed by atoms with van der Waals surface area (Å²) in [5, 5.41) is 4.22. The van der Waals surface area contributed by atoms with Crippen LogP contribution in [0.5, 0.6) is 5.75 Å². The third-order valence-electron chi connectivity index (χ3n) is 4.24. The second-order valence-corrected chi connectivity index (χ2v) is 6.29. The molecule has 0 aromatic carbocycles. The molecule has 0 spiro atoms. The van der Waals surface area contributed by atoms with E-state index < -0.39 is 0 Å². The van der Waals surface area contributed by atoms with E-state index in [0.717, 1.165) is 45.8 Å². The van der Waals surface area contributed by atoms with E-state index in [1.807, 2.05) is 30.5 Å². The first kappa shape index (κ1) is 17.7. The summed E-state index contributed by atoms with van der Waals surface area (Å²) in [6.45, 7) is 3.33. The minimum atomic E-state index is 0.228. The molecule has 4 heterocycles. The van der Waals surface area contributed by atoms with Crippen molar-refractivity contribution in [1.29, 1.82) is 0 Å². The van der Waals surface area contributed by atoms with Crippen LogP contribution in [0.15, 0.2) is 49.1 Å². The van der Waals surface area contributed by atoms with Gasteiger partial charge in [0.25, 0.3) is 0 Å². The Morgan fingerprint density at radius 3 is 2.79 bits per heavy atom. The average molecular weight is 375 g/mol. The minimum absolute atomic E-state index is 0.228. The summed E-state index contributed by atoms with van der Waals surface area (Å²) >= 11 is 0. The van der Waals surface area contributed by atoms with Crippen molar-refractivity contribution in [3.63, 3.8) is 0 Å². The second-order valence-electron chi connectivity index (χ2n) is 6.29. The van der Waals surface area contributed by atoms with Gasteiger partial charge in [0.15, 0.2) is 0 Å². The van der Waals surface area contributed by atoms with Gasteiger partial charge >= 0.3 is 0 Å². The first-order valence-electron chi connectivity index (χ1n) is 9.11. The van der Waals surface area contributed by atoms with Gasteiger partial charge in [-0.15, -0.1) is 0 Å². The van der Waals surface area contributed by atoms with Crippen molar-refractivity contribution in [2.24, 2.45) is 0 Å². The van der Waals surface area contributed by atoms with Crippen molar-refractivity contribution in [3.8, 4) is 17.0 Å². The topological polar surface area (TPSA) is 115 Å². The van der Waals surface area contributed by atoms with Crippen LogP contribution in [0, 0.1) is 0 Å². The number of aromatic amines is 1. The molecule has 0 aliphatic rings. The number of anilines is 2. The predicted molar refractivity (Wildman–Crippen MR) is 109 cm³/mol. The van der Waals surface area contributed by atoms with Gasteiger partial charge in [-0.2, -0.15) is 0 Å².